The first-order valence-corrected chi connectivity index (χ1v) is 6.09. The molecule has 0 aliphatic heterocycles. The second-order valence-corrected chi connectivity index (χ2v) is 4.89. The van der Waals surface area contributed by atoms with Crippen LogP contribution in [0.5, 0.6) is 0 Å². The lowest BCUT2D eigenvalue weighted by Gasteiger charge is -1.95. The normalized spacial score (nSPS) is 10.2. The summed E-state index contributed by atoms with van der Waals surface area (Å²) in [4.78, 5) is 12.3. The zero-order valence-corrected chi connectivity index (χ0v) is 8.74. The van der Waals surface area contributed by atoms with Gasteiger partial charge in [0.05, 0.1) is 4.88 Å². The van der Waals surface area contributed by atoms with Gasteiger partial charge in [0.2, 0.25) is 4.74 Å². The first-order chi connectivity index (χ1) is 6.29. The minimum Gasteiger partial charge on any atom is -0.277 e. The third-order valence-electron chi connectivity index (χ3n) is 1.88. The maximum atomic E-state index is 11.2. The van der Waals surface area contributed by atoms with Gasteiger partial charge in [-0.15, -0.1) is 0 Å². The Kier molecular flexibility index (Phi) is 2.29. The fourth-order valence-corrected chi connectivity index (χ4v) is 3.57. The fraction of sp³-hybridized carbons (Fsp3) is 0.100. The van der Waals surface area contributed by atoms with E-state index < -0.39 is 0 Å². The SMILES string of the molecule is Cc1c(-c2ccccc2)ssc1=O. The molecule has 3 heteroatoms. The first-order valence-electron chi connectivity index (χ1n) is 3.94. The van der Waals surface area contributed by atoms with Crippen LogP contribution in [-0.2, 0) is 0 Å². The smallest absolute Gasteiger partial charge is 0.246 e. The van der Waals surface area contributed by atoms with E-state index in [0.717, 1.165) is 16.0 Å². The van der Waals surface area contributed by atoms with Gasteiger partial charge in [-0.2, -0.15) is 0 Å². The van der Waals surface area contributed by atoms with Gasteiger partial charge >= 0.3 is 0 Å². The van der Waals surface area contributed by atoms with Crippen LogP contribution in [0.3, 0.4) is 0 Å². The molecular weight excluding hydrogens is 200 g/mol. The summed E-state index contributed by atoms with van der Waals surface area (Å²) in [5.41, 5.74) is 2.02. The molecule has 0 amide bonds. The van der Waals surface area contributed by atoms with Crippen molar-refractivity contribution >= 4 is 20.7 Å². The quantitative estimate of drug-likeness (QED) is 0.658. The second-order valence-electron chi connectivity index (χ2n) is 2.77. The van der Waals surface area contributed by atoms with E-state index in [1.807, 2.05) is 37.3 Å². The van der Waals surface area contributed by atoms with Gasteiger partial charge in [0.15, 0.2) is 0 Å². The molecule has 0 aliphatic carbocycles. The van der Waals surface area contributed by atoms with Crippen LogP contribution in [0.25, 0.3) is 10.4 Å². The number of hydrogen-bond donors (Lipinski definition) is 0. The summed E-state index contributed by atoms with van der Waals surface area (Å²) in [5.74, 6) is 0. The highest BCUT2D eigenvalue weighted by molar-refractivity contribution is 7.69. The summed E-state index contributed by atoms with van der Waals surface area (Å²) in [6.07, 6.45) is 0. The predicted octanol–water partition coefficient (Wildman–Crippen LogP) is 3.15. The van der Waals surface area contributed by atoms with E-state index in [4.69, 9.17) is 0 Å². The standard InChI is InChI=1S/C10H8OS2/c1-7-9(12-13-10(7)11)8-5-3-2-4-6-8/h2-6H,1H3. The van der Waals surface area contributed by atoms with Crippen LogP contribution >= 0.6 is 20.7 Å². The molecule has 2 aromatic rings. The van der Waals surface area contributed by atoms with Crippen LogP contribution < -0.4 is 4.74 Å². The summed E-state index contributed by atoms with van der Waals surface area (Å²) in [6, 6.07) is 10.0. The van der Waals surface area contributed by atoms with E-state index in [1.54, 1.807) is 10.3 Å². The van der Waals surface area contributed by atoms with Crippen LogP contribution in [-0.4, -0.2) is 0 Å². The largest absolute Gasteiger partial charge is 0.277 e. The molecule has 13 heavy (non-hydrogen) atoms. The van der Waals surface area contributed by atoms with Crippen molar-refractivity contribution in [2.75, 3.05) is 0 Å². The van der Waals surface area contributed by atoms with Crippen LogP contribution in [0.4, 0.5) is 0 Å². The molecule has 0 radical (unpaired) electrons. The van der Waals surface area contributed by atoms with Crippen molar-refractivity contribution in [3.05, 3.63) is 45.4 Å². The van der Waals surface area contributed by atoms with Crippen LogP contribution in [0, 0.1) is 6.92 Å². The molecule has 2 rings (SSSR count). The summed E-state index contributed by atoms with van der Waals surface area (Å²) < 4.78 is 0.184. The van der Waals surface area contributed by atoms with E-state index >= 15 is 0 Å². The minimum atomic E-state index is 0.184. The molecule has 1 heterocycles. The van der Waals surface area contributed by atoms with Crippen molar-refractivity contribution < 1.29 is 0 Å². The zero-order chi connectivity index (χ0) is 9.26. The Morgan fingerprint density at radius 1 is 1.08 bits per heavy atom. The molecule has 0 aliphatic rings. The van der Waals surface area contributed by atoms with Crippen molar-refractivity contribution in [2.24, 2.45) is 0 Å². The summed E-state index contributed by atoms with van der Waals surface area (Å²) in [6.45, 7) is 1.89. The lowest BCUT2D eigenvalue weighted by molar-refractivity contribution is 1.50. The first kappa shape index (κ1) is 8.66. The molecule has 0 unspecified atom stereocenters. The van der Waals surface area contributed by atoms with E-state index in [0.29, 0.717) is 0 Å². The second kappa shape index (κ2) is 3.44. The molecule has 0 saturated carbocycles. The van der Waals surface area contributed by atoms with Gasteiger partial charge in [0, 0.05) is 5.56 Å². The molecule has 0 saturated heterocycles. The Balaban J connectivity index is 2.60. The monoisotopic (exact) mass is 208 g/mol. The van der Waals surface area contributed by atoms with Crippen molar-refractivity contribution in [1.82, 2.24) is 0 Å². The number of hydrogen-bond acceptors (Lipinski definition) is 3. The number of rotatable bonds is 1. The van der Waals surface area contributed by atoms with Crippen molar-refractivity contribution in [1.29, 1.82) is 0 Å². The summed E-state index contributed by atoms with van der Waals surface area (Å²) in [7, 11) is 2.87. The molecular formula is C10H8OS2. The van der Waals surface area contributed by atoms with E-state index in [9.17, 15) is 4.79 Å². The Morgan fingerprint density at radius 3 is 2.31 bits per heavy atom. The Morgan fingerprint density at radius 2 is 1.77 bits per heavy atom. The fourth-order valence-electron chi connectivity index (χ4n) is 1.15. The van der Waals surface area contributed by atoms with Gasteiger partial charge in [-0.3, -0.25) is 4.79 Å². The van der Waals surface area contributed by atoms with Crippen LogP contribution in [0.1, 0.15) is 5.56 Å². The molecule has 1 aromatic heterocycles. The van der Waals surface area contributed by atoms with Gasteiger partial charge in [-0.1, -0.05) is 40.7 Å². The molecule has 0 atom stereocenters. The average Bonchev–Trinajstić information content (AvgIpc) is 2.49. The molecule has 1 nitrogen and oxygen atoms in total. The lowest BCUT2D eigenvalue weighted by Crippen LogP contribution is -1.92. The number of benzene rings is 1. The molecule has 1 aromatic carbocycles. The van der Waals surface area contributed by atoms with Crippen molar-refractivity contribution in [3.63, 3.8) is 0 Å². The van der Waals surface area contributed by atoms with Crippen molar-refractivity contribution in [3.8, 4) is 10.4 Å². The minimum absolute atomic E-state index is 0.184. The topological polar surface area (TPSA) is 17.1 Å². The molecule has 0 bridgehead atoms. The lowest BCUT2D eigenvalue weighted by atomic mass is 10.1. The van der Waals surface area contributed by atoms with Gasteiger partial charge in [-0.05, 0) is 22.8 Å². The summed E-state index contributed by atoms with van der Waals surface area (Å²) >= 11 is 0. The molecule has 66 valence electrons. The maximum absolute atomic E-state index is 11.2. The third kappa shape index (κ3) is 1.57. The highest BCUT2D eigenvalue weighted by atomic mass is 32.9. The predicted molar refractivity (Wildman–Crippen MR) is 58.6 cm³/mol. The van der Waals surface area contributed by atoms with Gasteiger partial charge in [0.25, 0.3) is 0 Å². The molecule has 0 spiro atoms. The zero-order valence-electron chi connectivity index (χ0n) is 7.11. The van der Waals surface area contributed by atoms with E-state index in [-0.39, 0.29) is 4.74 Å². The Bertz CT molecular complexity index is 453. The van der Waals surface area contributed by atoms with Gasteiger partial charge in [-0.25, -0.2) is 0 Å². The van der Waals surface area contributed by atoms with Crippen LogP contribution in [0.2, 0.25) is 0 Å². The summed E-state index contributed by atoms with van der Waals surface area (Å²) in [5, 5.41) is 0. The van der Waals surface area contributed by atoms with Crippen LogP contribution in [0.15, 0.2) is 35.1 Å². The Labute approximate surface area is 83.7 Å². The van der Waals surface area contributed by atoms with Gasteiger partial charge < -0.3 is 0 Å². The average molecular weight is 208 g/mol. The molecule has 0 fully saturated rings. The third-order valence-corrected chi connectivity index (χ3v) is 4.34. The highest BCUT2D eigenvalue weighted by Gasteiger charge is 2.06. The molecule has 0 N–H and O–H groups in total. The van der Waals surface area contributed by atoms with Crippen molar-refractivity contribution in [2.45, 2.75) is 6.92 Å². The van der Waals surface area contributed by atoms with Gasteiger partial charge in [0.1, 0.15) is 0 Å². The highest BCUT2D eigenvalue weighted by Crippen LogP contribution is 2.28. The maximum Gasteiger partial charge on any atom is 0.246 e. The van der Waals surface area contributed by atoms with E-state index in [1.165, 1.54) is 10.3 Å². The van der Waals surface area contributed by atoms with E-state index in [2.05, 4.69) is 0 Å². The Hall–Kier alpha value is -0.930.